The molecule has 2 aromatic rings. The molecule has 0 radical (unpaired) electrons. The molecule has 4 rings (SSSR count). The molecular formula is C26H34FN3O3S. The van der Waals surface area contributed by atoms with Gasteiger partial charge in [-0.05, 0) is 54.5 Å². The molecule has 2 fully saturated rings. The zero-order valence-electron chi connectivity index (χ0n) is 19.9. The van der Waals surface area contributed by atoms with Crippen molar-refractivity contribution in [1.82, 2.24) is 14.7 Å². The van der Waals surface area contributed by atoms with E-state index in [0.717, 1.165) is 54.9 Å². The van der Waals surface area contributed by atoms with E-state index in [1.165, 1.54) is 12.1 Å². The number of aryl methyl sites for hydroxylation is 1. The Balaban J connectivity index is 1.47. The van der Waals surface area contributed by atoms with Crippen LogP contribution in [-0.2, 0) is 27.4 Å². The topological polar surface area (TPSA) is 53.1 Å². The van der Waals surface area contributed by atoms with Crippen molar-refractivity contribution in [1.29, 1.82) is 0 Å². The summed E-state index contributed by atoms with van der Waals surface area (Å²) in [6, 6.07) is 8.32. The van der Waals surface area contributed by atoms with E-state index < -0.39 is 0 Å². The van der Waals surface area contributed by atoms with Crippen LogP contribution in [0.5, 0.6) is 0 Å². The van der Waals surface area contributed by atoms with Gasteiger partial charge in [0.15, 0.2) is 0 Å². The normalized spacial score (nSPS) is 16.8. The summed E-state index contributed by atoms with van der Waals surface area (Å²) in [5, 5.41) is 2.03. The fourth-order valence-electron chi connectivity index (χ4n) is 4.31. The van der Waals surface area contributed by atoms with E-state index in [9.17, 15) is 14.0 Å². The highest BCUT2D eigenvalue weighted by molar-refractivity contribution is 7.10. The van der Waals surface area contributed by atoms with Gasteiger partial charge in [-0.2, -0.15) is 0 Å². The number of benzene rings is 1. The van der Waals surface area contributed by atoms with E-state index in [-0.39, 0.29) is 30.1 Å². The third kappa shape index (κ3) is 6.64. The maximum absolute atomic E-state index is 13.6. The third-order valence-electron chi connectivity index (χ3n) is 6.82. The zero-order chi connectivity index (χ0) is 23.9. The molecule has 1 aliphatic carbocycles. The maximum Gasteiger partial charge on any atom is 0.242 e. The van der Waals surface area contributed by atoms with Crippen LogP contribution in [0.25, 0.3) is 0 Å². The molecular weight excluding hydrogens is 453 g/mol. The number of hydrogen-bond acceptors (Lipinski definition) is 5. The number of ether oxygens (including phenoxy) is 1. The van der Waals surface area contributed by atoms with E-state index in [0.29, 0.717) is 32.8 Å². The molecule has 1 saturated heterocycles. The predicted octanol–water partition coefficient (Wildman–Crippen LogP) is 3.69. The number of amides is 2. The van der Waals surface area contributed by atoms with Gasteiger partial charge in [0, 0.05) is 43.5 Å². The van der Waals surface area contributed by atoms with E-state index in [2.05, 4.69) is 11.0 Å². The quantitative estimate of drug-likeness (QED) is 0.513. The van der Waals surface area contributed by atoms with Gasteiger partial charge < -0.3 is 14.5 Å². The number of carbonyl (C=O) groups is 2. The first-order valence-corrected chi connectivity index (χ1v) is 13.0. The number of rotatable bonds is 10. The van der Waals surface area contributed by atoms with E-state index in [1.807, 2.05) is 12.3 Å². The van der Waals surface area contributed by atoms with E-state index in [4.69, 9.17) is 4.74 Å². The molecule has 2 aliphatic rings. The molecule has 0 N–H and O–H groups in total. The van der Waals surface area contributed by atoms with Crippen molar-refractivity contribution in [2.75, 3.05) is 45.9 Å². The van der Waals surface area contributed by atoms with Crippen LogP contribution in [0.1, 0.15) is 35.3 Å². The highest BCUT2D eigenvalue weighted by Gasteiger charge is 2.31. The van der Waals surface area contributed by atoms with Gasteiger partial charge in [0.25, 0.3) is 0 Å². The summed E-state index contributed by atoms with van der Waals surface area (Å²) in [7, 11) is 0. The summed E-state index contributed by atoms with van der Waals surface area (Å²) in [4.78, 5) is 33.7. The van der Waals surface area contributed by atoms with Gasteiger partial charge in [0.2, 0.25) is 11.8 Å². The second kappa shape index (κ2) is 11.9. The molecule has 2 heterocycles. The fourth-order valence-corrected chi connectivity index (χ4v) is 5.23. The van der Waals surface area contributed by atoms with Crippen molar-refractivity contribution in [3.8, 4) is 0 Å². The molecule has 0 atom stereocenters. The molecule has 34 heavy (non-hydrogen) atoms. The first-order chi connectivity index (χ1) is 16.5. The number of morpholine rings is 1. The number of hydrogen-bond donors (Lipinski definition) is 0. The first-order valence-electron chi connectivity index (χ1n) is 12.1. The Labute approximate surface area is 205 Å². The summed E-state index contributed by atoms with van der Waals surface area (Å²) >= 11 is 1.63. The van der Waals surface area contributed by atoms with Gasteiger partial charge in [0.05, 0.1) is 26.3 Å². The molecule has 1 aliphatic heterocycles. The zero-order valence-corrected chi connectivity index (χ0v) is 20.7. The lowest BCUT2D eigenvalue weighted by molar-refractivity contribution is -0.145. The minimum Gasteiger partial charge on any atom is -0.379 e. The maximum atomic E-state index is 13.6. The number of carbonyl (C=O) groups excluding carboxylic acids is 2. The summed E-state index contributed by atoms with van der Waals surface area (Å²) < 4.78 is 18.9. The third-order valence-corrected chi connectivity index (χ3v) is 7.83. The molecule has 0 bridgehead atoms. The highest BCUT2D eigenvalue weighted by Crippen LogP contribution is 2.28. The lowest BCUT2D eigenvalue weighted by Gasteiger charge is -2.35. The molecule has 1 aromatic carbocycles. The standard InChI is InChI=1S/C26H34FN3O3S/c1-20-9-16-34-24(20)18-30(17-21-5-7-23(27)8-6-21)25(31)19-29(26(32)22-3-2-4-22)11-10-28-12-14-33-15-13-28/h5-9,16,22H,2-4,10-15,17-19H2,1H3. The largest absolute Gasteiger partial charge is 0.379 e. The Morgan fingerprint density at radius 3 is 2.44 bits per heavy atom. The molecule has 0 spiro atoms. The minimum absolute atomic E-state index is 0.0441. The van der Waals surface area contributed by atoms with E-state index in [1.54, 1.807) is 33.3 Å². The smallest absolute Gasteiger partial charge is 0.242 e. The summed E-state index contributed by atoms with van der Waals surface area (Å²) in [5.41, 5.74) is 2.02. The first kappa shape index (κ1) is 24.8. The monoisotopic (exact) mass is 487 g/mol. The summed E-state index contributed by atoms with van der Waals surface area (Å²) in [6.45, 7) is 7.40. The van der Waals surface area contributed by atoms with Crippen LogP contribution in [0.3, 0.4) is 0 Å². The number of nitrogens with zero attached hydrogens (tertiary/aromatic N) is 3. The lowest BCUT2D eigenvalue weighted by atomic mass is 9.84. The number of halogens is 1. The second-order valence-corrected chi connectivity index (χ2v) is 10.2. The highest BCUT2D eigenvalue weighted by atomic mass is 32.1. The van der Waals surface area contributed by atoms with Crippen LogP contribution < -0.4 is 0 Å². The van der Waals surface area contributed by atoms with Crippen LogP contribution in [0.15, 0.2) is 35.7 Å². The van der Waals surface area contributed by atoms with Gasteiger partial charge in [-0.3, -0.25) is 14.5 Å². The van der Waals surface area contributed by atoms with Crippen LogP contribution in [0.2, 0.25) is 0 Å². The molecule has 1 saturated carbocycles. The Bertz CT molecular complexity index is 954. The Kier molecular flexibility index (Phi) is 8.69. The molecule has 8 heteroatoms. The fraction of sp³-hybridized carbons (Fsp3) is 0.538. The molecule has 0 unspecified atom stereocenters. The van der Waals surface area contributed by atoms with Gasteiger partial charge in [0.1, 0.15) is 5.82 Å². The van der Waals surface area contributed by atoms with Gasteiger partial charge in [-0.15, -0.1) is 11.3 Å². The van der Waals surface area contributed by atoms with Crippen LogP contribution in [0, 0.1) is 18.7 Å². The Morgan fingerprint density at radius 1 is 1.09 bits per heavy atom. The van der Waals surface area contributed by atoms with Gasteiger partial charge in [-0.25, -0.2) is 4.39 Å². The van der Waals surface area contributed by atoms with Gasteiger partial charge in [-0.1, -0.05) is 18.6 Å². The minimum atomic E-state index is -0.295. The molecule has 184 valence electrons. The van der Waals surface area contributed by atoms with Crippen LogP contribution >= 0.6 is 11.3 Å². The van der Waals surface area contributed by atoms with Crippen molar-refractivity contribution in [2.45, 2.75) is 39.3 Å². The lowest BCUT2D eigenvalue weighted by Crippen LogP contribution is -2.49. The van der Waals surface area contributed by atoms with Crippen molar-refractivity contribution in [3.05, 3.63) is 57.5 Å². The SMILES string of the molecule is Cc1ccsc1CN(Cc1ccc(F)cc1)C(=O)CN(CCN1CCOCC1)C(=O)C1CCC1. The predicted molar refractivity (Wildman–Crippen MR) is 131 cm³/mol. The van der Waals surface area contributed by atoms with Crippen LogP contribution in [-0.4, -0.2) is 72.5 Å². The Morgan fingerprint density at radius 2 is 1.82 bits per heavy atom. The average molecular weight is 488 g/mol. The van der Waals surface area contributed by atoms with Crippen molar-refractivity contribution >= 4 is 23.2 Å². The van der Waals surface area contributed by atoms with Crippen molar-refractivity contribution < 1.29 is 18.7 Å². The average Bonchev–Trinajstić information content (AvgIpc) is 3.21. The molecule has 6 nitrogen and oxygen atoms in total. The van der Waals surface area contributed by atoms with Crippen molar-refractivity contribution in [2.24, 2.45) is 5.92 Å². The van der Waals surface area contributed by atoms with Crippen LogP contribution in [0.4, 0.5) is 4.39 Å². The molecule has 1 aromatic heterocycles. The summed E-state index contributed by atoms with van der Waals surface area (Å²) in [6.07, 6.45) is 2.90. The Hall–Kier alpha value is -2.29. The summed E-state index contributed by atoms with van der Waals surface area (Å²) in [5.74, 6) is -0.229. The van der Waals surface area contributed by atoms with Crippen molar-refractivity contribution in [3.63, 3.8) is 0 Å². The molecule has 2 amide bonds. The number of thiophene rings is 1. The second-order valence-electron chi connectivity index (χ2n) is 9.24. The van der Waals surface area contributed by atoms with E-state index >= 15 is 0 Å². The van der Waals surface area contributed by atoms with Gasteiger partial charge >= 0.3 is 0 Å².